The highest BCUT2D eigenvalue weighted by atomic mass is 16.5. The lowest BCUT2D eigenvalue weighted by Gasteiger charge is -2.13. The summed E-state index contributed by atoms with van der Waals surface area (Å²) in [6.45, 7) is 0.859. The molecule has 0 aliphatic rings. The molecule has 0 aliphatic heterocycles. The number of nitrogens with two attached hydrogens (primary N) is 1. The maximum absolute atomic E-state index is 13.4. The monoisotopic (exact) mass is 397 g/mol. The second-order valence-electron chi connectivity index (χ2n) is 7.01. The van der Waals surface area contributed by atoms with Gasteiger partial charge in [-0.1, -0.05) is 60.7 Å². The van der Waals surface area contributed by atoms with Crippen LogP contribution in [0.2, 0.25) is 0 Å². The summed E-state index contributed by atoms with van der Waals surface area (Å²) in [5, 5.41) is 0.529. The molecule has 4 aromatic rings. The average Bonchev–Trinajstić information content (AvgIpc) is 2.80. The summed E-state index contributed by atoms with van der Waals surface area (Å²) in [6.07, 6.45) is 3.84. The second kappa shape index (κ2) is 8.76. The van der Waals surface area contributed by atoms with Gasteiger partial charge in [-0.3, -0.25) is 9.36 Å². The predicted octanol–water partition coefficient (Wildman–Crippen LogP) is 4.08. The smallest absolute Gasteiger partial charge is 0.262 e. The van der Waals surface area contributed by atoms with Gasteiger partial charge in [-0.15, -0.1) is 0 Å². The lowest BCUT2D eigenvalue weighted by atomic mass is 10.1. The molecule has 5 heteroatoms. The first-order chi connectivity index (χ1) is 14.7. The number of methoxy groups -OCH3 is 1. The van der Waals surface area contributed by atoms with Gasteiger partial charge in [-0.05, 0) is 41.0 Å². The Bertz CT molecular complexity index is 1260. The van der Waals surface area contributed by atoms with Crippen molar-refractivity contribution >= 4 is 23.1 Å². The molecule has 0 saturated carbocycles. The van der Waals surface area contributed by atoms with Gasteiger partial charge in [-0.25, -0.2) is 4.98 Å². The predicted molar refractivity (Wildman–Crippen MR) is 121 cm³/mol. The molecule has 30 heavy (non-hydrogen) atoms. The summed E-state index contributed by atoms with van der Waals surface area (Å²) in [4.78, 5) is 18.2. The number of fused-ring (bicyclic) bond motifs is 1. The Morgan fingerprint density at radius 1 is 0.967 bits per heavy atom. The number of hydrogen-bond acceptors (Lipinski definition) is 4. The van der Waals surface area contributed by atoms with Gasteiger partial charge in [0, 0.05) is 6.54 Å². The minimum Gasteiger partial charge on any atom is -0.497 e. The van der Waals surface area contributed by atoms with Gasteiger partial charge in [-0.2, -0.15) is 0 Å². The zero-order chi connectivity index (χ0) is 20.9. The lowest BCUT2D eigenvalue weighted by Crippen LogP contribution is -2.24. The van der Waals surface area contributed by atoms with Gasteiger partial charge < -0.3 is 10.5 Å². The zero-order valence-electron chi connectivity index (χ0n) is 16.8. The van der Waals surface area contributed by atoms with E-state index in [9.17, 15) is 4.79 Å². The molecule has 4 rings (SSSR count). The van der Waals surface area contributed by atoms with Crippen LogP contribution in [0.1, 0.15) is 22.5 Å². The van der Waals surface area contributed by atoms with Crippen LogP contribution in [-0.2, 0) is 13.1 Å². The third-order valence-electron chi connectivity index (χ3n) is 4.98. The van der Waals surface area contributed by atoms with Gasteiger partial charge in [0.15, 0.2) is 0 Å². The van der Waals surface area contributed by atoms with E-state index in [0.717, 1.165) is 16.7 Å². The number of rotatable bonds is 6. The molecule has 0 radical (unpaired) electrons. The van der Waals surface area contributed by atoms with Gasteiger partial charge in [0.05, 0.1) is 24.6 Å². The molecule has 0 saturated heterocycles. The van der Waals surface area contributed by atoms with Crippen LogP contribution in [0.25, 0.3) is 23.1 Å². The fraction of sp³-hybridized carbons (Fsp3) is 0.120. The summed E-state index contributed by atoms with van der Waals surface area (Å²) in [7, 11) is 1.59. The van der Waals surface area contributed by atoms with Crippen LogP contribution in [-0.4, -0.2) is 16.7 Å². The molecule has 150 valence electrons. The fourth-order valence-electron chi connectivity index (χ4n) is 3.40. The van der Waals surface area contributed by atoms with Gasteiger partial charge >= 0.3 is 0 Å². The highest BCUT2D eigenvalue weighted by molar-refractivity contribution is 5.81. The Kier molecular flexibility index (Phi) is 5.72. The summed E-state index contributed by atoms with van der Waals surface area (Å²) >= 11 is 0. The molecular formula is C25H23N3O2. The van der Waals surface area contributed by atoms with E-state index in [0.29, 0.717) is 35.6 Å². The summed E-state index contributed by atoms with van der Waals surface area (Å²) in [6, 6.07) is 23.3. The number of aromatic nitrogens is 2. The Hall–Kier alpha value is -3.70. The first-order valence-electron chi connectivity index (χ1n) is 9.77. The molecule has 5 nitrogen and oxygen atoms in total. The topological polar surface area (TPSA) is 70.1 Å². The first kappa shape index (κ1) is 19.6. The molecule has 3 aromatic carbocycles. The van der Waals surface area contributed by atoms with Gasteiger partial charge in [0.25, 0.3) is 5.56 Å². The molecule has 0 aliphatic carbocycles. The highest BCUT2D eigenvalue weighted by Crippen LogP contribution is 2.18. The Balaban J connectivity index is 1.86. The average molecular weight is 397 g/mol. The summed E-state index contributed by atoms with van der Waals surface area (Å²) < 4.78 is 6.99. The van der Waals surface area contributed by atoms with Crippen LogP contribution in [0.15, 0.2) is 77.6 Å². The molecule has 0 amide bonds. The van der Waals surface area contributed by atoms with E-state index in [1.807, 2.05) is 78.9 Å². The number of hydrogen-bond donors (Lipinski definition) is 1. The summed E-state index contributed by atoms with van der Waals surface area (Å²) in [5.41, 5.74) is 9.38. The van der Waals surface area contributed by atoms with Crippen LogP contribution < -0.4 is 16.0 Å². The minimum atomic E-state index is -0.107. The van der Waals surface area contributed by atoms with E-state index in [1.54, 1.807) is 17.7 Å². The number of ether oxygens (including phenoxy) is 1. The molecule has 0 unspecified atom stereocenters. The van der Waals surface area contributed by atoms with Gasteiger partial charge in [0.2, 0.25) is 0 Å². The molecule has 0 bridgehead atoms. The Labute approximate surface area is 175 Å². The van der Waals surface area contributed by atoms with Gasteiger partial charge in [0.1, 0.15) is 11.6 Å². The van der Waals surface area contributed by atoms with Crippen molar-refractivity contribution in [2.24, 2.45) is 5.73 Å². The van der Waals surface area contributed by atoms with Crippen LogP contribution in [0.5, 0.6) is 5.75 Å². The van der Waals surface area contributed by atoms with Crippen molar-refractivity contribution < 1.29 is 4.74 Å². The Morgan fingerprint density at radius 2 is 1.77 bits per heavy atom. The number of nitrogens with zero attached hydrogens (tertiary/aromatic N) is 2. The zero-order valence-corrected chi connectivity index (χ0v) is 16.8. The van der Waals surface area contributed by atoms with Crippen molar-refractivity contribution in [1.29, 1.82) is 0 Å². The van der Waals surface area contributed by atoms with Crippen molar-refractivity contribution in [3.63, 3.8) is 0 Å². The van der Waals surface area contributed by atoms with E-state index >= 15 is 0 Å². The molecule has 0 spiro atoms. The van der Waals surface area contributed by atoms with Crippen LogP contribution in [0, 0.1) is 0 Å². The Morgan fingerprint density at radius 3 is 2.53 bits per heavy atom. The molecule has 2 N–H and O–H groups in total. The lowest BCUT2D eigenvalue weighted by molar-refractivity contribution is 0.415. The second-order valence-corrected chi connectivity index (χ2v) is 7.01. The van der Waals surface area contributed by atoms with E-state index in [4.69, 9.17) is 15.5 Å². The number of benzene rings is 3. The summed E-state index contributed by atoms with van der Waals surface area (Å²) in [5.74, 6) is 1.23. The minimum absolute atomic E-state index is 0.107. The molecule has 0 atom stereocenters. The molecule has 1 aromatic heterocycles. The van der Waals surface area contributed by atoms with Crippen molar-refractivity contribution in [1.82, 2.24) is 9.55 Å². The van der Waals surface area contributed by atoms with E-state index in [-0.39, 0.29) is 5.56 Å². The maximum atomic E-state index is 13.4. The van der Waals surface area contributed by atoms with Crippen molar-refractivity contribution in [3.8, 4) is 5.75 Å². The molecule has 0 fully saturated rings. The van der Waals surface area contributed by atoms with Crippen molar-refractivity contribution in [3.05, 3.63) is 106 Å². The van der Waals surface area contributed by atoms with Crippen LogP contribution >= 0.6 is 0 Å². The van der Waals surface area contributed by atoms with E-state index < -0.39 is 0 Å². The molecular weight excluding hydrogens is 374 g/mol. The van der Waals surface area contributed by atoms with Crippen LogP contribution in [0.3, 0.4) is 0 Å². The third kappa shape index (κ3) is 4.16. The standard InChI is InChI=1S/C25H23N3O2/c1-30-21-11-12-23-22(15-21)25(29)28(17-20-9-5-8-19(14-20)16-26)24(27-23)13-10-18-6-3-2-4-7-18/h2-15H,16-17,26H2,1H3/b13-10+. The van der Waals surface area contributed by atoms with E-state index in [1.165, 1.54) is 0 Å². The molecule has 1 heterocycles. The van der Waals surface area contributed by atoms with Crippen LogP contribution in [0.4, 0.5) is 0 Å². The third-order valence-corrected chi connectivity index (χ3v) is 4.98. The maximum Gasteiger partial charge on any atom is 0.262 e. The highest BCUT2D eigenvalue weighted by Gasteiger charge is 2.11. The fourth-order valence-corrected chi connectivity index (χ4v) is 3.40. The van der Waals surface area contributed by atoms with E-state index in [2.05, 4.69) is 0 Å². The quantitative estimate of drug-likeness (QED) is 0.532. The SMILES string of the molecule is COc1ccc2nc(/C=C/c3ccccc3)n(Cc3cccc(CN)c3)c(=O)c2c1. The first-order valence-corrected chi connectivity index (χ1v) is 9.77. The van der Waals surface area contributed by atoms with Crippen molar-refractivity contribution in [2.45, 2.75) is 13.1 Å². The van der Waals surface area contributed by atoms with Crippen molar-refractivity contribution in [2.75, 3.05) is 7.11 Å². The largest absolute Gasteiger partial charge is 0.497 e. The normalized spacial score (nSPS) is 11.3.